The molecule has 0 aliphatic carbocycles. The number of anilines is 2. The fraction of sp³-hybridized carbons (Fsp3) is 0.316. The van der Waals surface area contributed by atoms with E-state index >= 15 is 0 Å². The quantitative estimate of drug-likeness (QED) is 0.885. The van der Waals surface area contributed by atoms with E-state index in [-0.39, 0.29) is 5.91 Å². The molecule has 1 atom stereocenters. The Bertz CT molecular complexity index is 735. The van der Waals surface area contributed by atoms with Gasteiger partial charge in [0.15, 0.2) is 6.10 Å². The molecule has 0 fully saturated rings. The Labute approximate surface area is 136 Å². The lowest BCUT2D eigenvalue weighted by atomic mass is 10.0. The van der Waals surface area contributed by atoms with Gasteiger partial charge in [0, 0.05) is 18.7 Å². The number of carbonyl (C=O) groups is 1. The summed E-state index contributed by atoms with van der Waals surface area (Å²) < 4.78 is 5.97. The van der Waals surface area contributed by atoms with Crippen molar-refractivity contribution in [3.8, 4) is 5.75 Å². The van der Waals surface area contributed by atoms with Gasteiger partial charge in [0.2, 0.25) is 0 Å². The predicted octanol–water partition coefficient (Wildman–Crippen LogP) is 3.24. The smallest absolute Gasteiger partial charge is 0.268 e. The minimum atomic E-state index is -0.493. The van der Waals surface area contributed by atoms with Gasteiger partial charge in [-0.25, -0.2) is 0 Å². The van der Waals surface area contributed by atoms with Crippen molar-refractivity contribution in [1.29, 1.82) is 0 Å². The van der Waals surface area contributed by atoms with E-state index in [9.17, 15) is 4.79 Å². The molecule has 0 aromatic heterocycles. The number of nitrogens with zero attached hydrogens (tertiary/aromatic N) is 1. The number of aryl methyl sites for hydroxylation is 2. The largest absolute Gasteiger partial charge is 0.478 e. The van der Waals surface area contributed by atoms with E-state index in [1.54, 1.807) is 17.0 Å². The van der Waals surface area contributed by atoms with Gasteiger partial charge in [-0.15, -0.1) is 0 Å². The highest BCUT2D eigenvalue weighted by Gasteiger charge is 2.33. The average molecular weight is 310 g/mol. The molecule has 2 aromatic carbocycles. The van der Waals surface area contributed by atoms with Crippen molar-refractivity contribution in [1.82, 2.24) is 0 Å². The first-order valence-electron chi connectivity index (χ1n) is 7.92. The molecule has 4 heteroatoms. The van der Waals surface area contributed by atoms with Crippen LogP contribution in [0.3, 0.4) is 0 Å². The summed E-state index contributed by atoms with van der Waals surface area (Å²) >= 11 is 0. The third-order valence-corrected chi connectivity index (χ3v) is 4.10. The maximum Gasteiger partial charge on any atom is 0.268 e. The normalized spacial score (nSPS) is 16.9. The van der Waals surface area contributed by atoms with Crippen LogP contribution in [0.25, 0.3) is 0 Å². The van der Waals surface area contributed by atoms with Crippen molar-refractivity contribution >= 4 is 17.3 Å². The number of fused-ring (bicyclic) bond motifs is 1. The summed E-state index contributed by atoms with van der Waals surface area (Å²) in [5, 5.41) is 0. The molecule has 4 nitrogen and oxygen atoms in total. The van der Waals surface area contributed by atoms with Crippen molar-refractivity contribution in [2.75, 3.05) is 17.2 Å². The van der Waals surface area contributed by atoms with Crippen LogP contribution in [0.4, 0.5) is 11.4 Å². The zero-order chi connectivity index (χ0) is 16.6. The third kappa shape index (κ3) is 3.02. The van der Waals surface area contributed by atoms with Crippen LogP contribution >= 0.6 is 0 Å². The Morgan fingerprint density at radius 1 is 1.13 bits per heavy atom. The molecule has 1 unspecified atom stereocenters. The number of hydrogen-bond donors (Lipinski definition) is 1. The molecule has 1 heterocycles. The third-order valence-electron chi connectivity index (χ3n) is 4.10. The standard InChI is InChI=1S/C19H22N2O2/c1-4-21-16-11-15(20)5-6-17(16)23-18(19(21)22)10-14-8-12(2)7-13(3)9-14/h5-9,11,18H,4,10,20H2,1-3H3. The number of nitrogens with two attached hydrogens (primary N) is 1. The van der Waals surface area contributed by atoms with Crippen LogP contribution in [-0.4, -0.2) is 18.6 Å². The van der Waals surface area contributed by atoms with E-state index in [0.29, 0.717) is 18.7 Å². The van der Waals surface area contributed by atoms with Crippen molar-refractivity contribution in [2.24, 2.45) is 0 Å². The Morgan fingerprint density at radius 2 is 1.83 bits per heavy atom. The summed E-state index contributed by atoms with van der Waals surface area (Å²) in [6.07, 6.45) is 0.0778. The topological polar surface area (TPSA) is 55.6 Å². The maximum atomic E-state index is 12.8. The summed E-state index contributed by atoms with van der Waals surface area (Å²) in [4.78, 5) is 14.5. The van der Waals surface area contributed by atoms with E-state index in [1.165, 1.54) is 11.1 Å². The van der Waals surface area contributed by atoms with Gasteiger partial charge in [0.1, 0.15) is 5.75 Å². The van der Waals surface area contributed by atoms with Crippen molar-refractivity contribution in [2.45, 2.75) is 33.3 Å². The number of likely N-dealkylation sites (N-methyl/N-ethyl adjacent to an activating group) is 1. The lowest BCUT2D eigenvalue weighted by Gasteiger charge is -2.34. The number of amides is 1. The molecule has 1 aliphatic heterocycles. The molecule has 3 rings (SSSR count). The fourth-order valence-corrected chi connectivity index (χ4v) is 3.20. The molecule has 2 aromatic rings. The van der Waals surface area contributed by atoms with Gasteiger partial charge >= 0.3 is 0 Å². The van der Waals surface area contributed by atoms with Gasteiger partial charge in [0.25, 0.3) is 5.91 Å². The summed E-state index contributed by atoms with van der Waals surface area (Å²) in [6, 6.07) is 11.8. The number of ether oxygens (including phenoxy) is 1. The highest BCUT2D eigenvalue weighted by Crippen LogP contribution is 2.36. The van der Waals surface area contributed by atoms with Crippen LogP contribution in [0.15, 0.2) is 36.4 Å². The number of rotatable bonds is 3. The lowest BCUT2D eigenvalue weighted by molar-refractivity contribution is -0.126. The van der Waals surface area contributed by atoms with Crippen molar-refractivity contribution < 1.29 is 9.53 Å². The van der Waals surface area contributed by atoms with Gasteiger partial charge in [-0.2, -0.15) is 0 Å². The molecule has 0 radical (unpaired) electrons. The molecule has 0 saturated heterocycles. The minimum absolute atomic E-state index is 0.00948. The average Bonchev–Trinajstić information content (AvgIpc) is 2.47. The van der Waals surface area contributed by atoms with Gasteiger partial charge in [0.05, 0.1) is 5.69 Å². The SMILES string of the molecule is CCN1C(=O)C(Cc2cc(C)cc(C)c2)Oc2ccc(N)cc21. The molecular weight excluding hydrogens is 288 g/mol. The van der Waals surface area contributed by atoms with Crippen LogP contribution in [0, 0.1) is 13.8 Å². The number of hydrogen-bond acceptors (Lipinski definition) is 3. The number of nitrogen functional groups attached to an aromatic ring is 1. The van der Waals surface area contributed by atoms with E-state index < -0.39 is 6.10 Å². The van der Waals surface area contributed by atoms with Gasteiger partial charge in [-0.05, 0) is 44.5 Å². The summed E-state index contributed by atoms with van der Waals surface area (Å²) in [6.45, 7) is 6.69. The van der Waals surface area contributed by atoms with E-state index in [0.717, 1.165) is 17.0 Å². The van der Waals surface area contributed by atoms with Gasteiger partial charge < -0.3 is 15.4 Å². The Hall–Kier alpha value is -2.49. The molecule has 1 aliphatic rings. The van der Waals surface area contributed by atoms with Crippen LogP contribution in [0.2, 0.25) is 0 Å². The zero-order valence-electron chi connectivity index (χ0n) is 13.8. The molecule has 0 saturated carbocycles. The molecule has 0 bridgehead atoms. The lowest BCUT2D eigenvalue weighted by Crippen LogP contribution is -2.46. The Balaban J connectivity index is 1.92. The first kappa shape index (κ1) is 15.4. The van der Waals surface area contributed by atoms with Gasteiger partial charge in [-0.3, -0.25) is 4.79 Å². The monoisotopic (exact) mass is 310 g/mol. The summed E-state index contributed by atoms with van der Waals surface area (Å²) in [7, 11) is 0. The van der Waals surface area contributed by atoms with Crippen LogP contribution < -0.4 is 15.4 Å². The van der Waals surface area contributed by atoms with Gasteiger partial charge in [-0.1, -0.05) is 29.3 Å². The van der Waals surface area contributed by atoms with Crippen molar-refractivity contribution in [3.05, 3.63) is 53.1 Å². The predicted molar refractivity (Wildman–Crippen MR) is 92.9 cm³/mol. The Kier molecular flexibility index (Phi) is 3.99. The maximum absolute atomic E-state index is 12.8. The molecule has 1 amide bonds. The van der Waals surface area contributed by atoms with Crippen LogP contribution in [-0.2, 0) is 11.2 Å². The second-order valence-electron chi connectivity index (χ2n) is 6.12. The molecular formula is C19H22N2O2. The minimum Gasteiger partial charge on any atom is -0.478 e. The highest BCUT2D eigenvalue weighted by atomic mass is 16.5. The van der Waals surface area contributed by atoms with Crippen LogP contribution in [0.1, 0.15) is 23.6 Å². The summed E-state index contributed by atoms with van der Waals surface area (Å²) in [5.41, 5.74) is 10.7. The fourth-order valence-electron chi connectivity index (χ4n) is 3.20. The Morgan fingerprint density at radius 3 is 2.48 bits per heavy atom. The number of benzene rings is 2. The van der Waals surface area contributed by atoms with E-state index in [4.69, 9.17) is 10.5 Å². The molecule has 2 N–H and O–H groups in total. The highest BCUT2D eigenvalue weighted by molar-refractivity contribution is 6.00. The molecule has 23 heavy (non-hydrogen) atoms. The van der Waals surface area contributed by atoms with E-state index in [2.05, 4.69) is 32.0 Å². The van der Waals surface area contributed by atoms with Crippen molar-refractivity contribution in [3.63, 3.8) is 0 Å². The summed E-state index contributed by atoms with van der Waals surface area (Å²) in [5.74, 6) is 0.708. The van der Waals surface area contributed by atoms with Crippen LogP contribution in [0.5, 0.6) is 5.75 Å². The second kappa shape index (κ2) is 5.95. The number of carbonyl (C=O) groups excluding carboxylic acids is 1. The zero-order valence-corrected chi connectivity index (χ0v) is 13.8. The molecule has 120 valence electrons. The first-order chi connectivity index (χ1) is 11.0. The second-order valence-corrected chi connectivity index (χ2v) is 6.12. The van der Waals surface area contributed by atoms with E-state index in [1.807, 2.05) is 13.0 Å². The first-order valence-corrected chi connectivity index (χ1v) is 7.92. The molecule has 0 spiro atoms.